The molecule has 0 bridgehead atoms. The number of nitrogens with zero attached hydrogens (tertiary/aromatic N) is 1. The lowest BCUT2D eigenvalue weighted by molar-refractivity contribution is 0.0600. The lowest BCUT2D eigenvalue weighted by atomic mass is 10.1. The number of benzene rings is 1. The summed E-state index contributed by atoms with van der Waals surface area (Å²) in [6.45, 7) is 13.4. The van der Waals surface area contributed by atoms with E-state index in [0.29, 0.717) is 5.70 Å². The van der Waals surface area contributed by atoms with Crippen molar-refractivity contribution in [2.75, 3.05) is 19.1 Å². The number of halogens is 2. The number of methoxy groups -OCH3 is 1. The van der Waals surface area contributed by atoms with Crippen molar-refractivity contribution < 1.29 is 14.3 Å². The third-order valence-electron chi connectivity index (χ3n) is 3.03. The first-order chi connectivity index (χ1) is 11.8. The minimum absolute atomic E-state index is 0.141. The predicted molar refractivity (Wildman–Crippen MR) is 105 cm³/mol. The smallest absolute Gasteiger partial charge is 0.337 e. The normalized spacial score (nSPS) is 9.20. The molecule has 0 aliphatic heterocycles. The standard InChI is InChI=1S/C16H18Cl2N2O3.C2H4/c1-6-13(9(2)3)20(16(22)19-4)14-11(17)7-10(8-12(14)18)15(21)23-5;1-2/h6-8H,1H2,2-5H3,(H,19,22);1-2H2. The highest BCUT2D eigenvalue weighted by Gasteiger charge is 2.25. The molecule has 136 valence electrons. The number of nitrogens with one attached hydrogen (secondary N) is 1. The summed E-state index contributed by atoms with van der Waals surface area (Å²) in [5, 5.41) is 2.81. The molecule has 0 heterocycles. The van der Waals surface area contributed by atoms with Gasteiger partial charge in [0, 0.05) is 12.7 Å². The van der Waals surface area contributed by atoms with Gasteiger partial charge in [-0.2, -0.15) is 0 Å². The maximum atomic E-state index is 12.3. The first-order valence-electron chi connectivity index (χ1n) is 7.17. The highest BCUT2D eigenvalue weighted by molar-refractivity contribution is 6.40. The summed E-state index contributed by atoms with van der Waals surface area (Å²) < 4.78 is 4.65. The first-order valence-corrected chi connectivity index (χ1v) is 7.93. The van der Waals surface area contributed by atoms with Gasteiger partial charge in [0.1, 0.15) is 0 Å². The fourth-order valence-corrected chi connectivity index (χ4v) is 2.63. The molecule has 0 saturated heterocycles. The number of rotatable bonds is 4. The van der Waals surface area contributed by atoms with Gasteiger partial charge >= 0.3 is 12.0 Å². The van der Waals surface area contributed by atoms with Crippen LogP contribution in [0.3, 0.4) is 0 Å². The zero-order valence-corrected chi connectivity index (χ0v) is 16.3. The van der Waals surface area contributed by atoms with Crippen molar-refractivity contribution in [2.24, 2.45) is 0 Å². The van der Waals surface area contributed by atoms with Crippen LogP contribution in [0.2, 0.25) is 10.0 Å². The maximum absolute atomic E-state index is 12.3. The molecule has 0 aliphatic rings. The molecular weight excluding hydrogens is 363 g/mol. The lowest BCUT2D eigenvalue weighted by Gasteiger charge is -2.26. The van der Waals surface area contributed by atoms with Crippen molar-refractivity contribution in [2.45, 2.75) is 13.8 Å². The number of hydrogen-bond acceptors (Lipinski definition) is 3. The Morgan fingerprint density at radius 3 is 2.00 bits per heavy atom. The zero-order valence-electron chi connectivity index (χ0n) is 14.8. The van der Waals surface area contributed by atoms with Crippen molar-refractivity contribution in [3.8, 4) is 0 Å². The monoisotopic (exact) mass is 384 g/mol. The minimum Gasteiger partial charge on any atom is -0.465 e. The molecule has 0 aliphatic carbocycles. The van der Waals surface area contributed by atoms with Crippen molar-refractivity contribution in [3.05, 3.63) is 64.8 Å². The van der Waals surface area contributed by atoms with Gasteiger partial charge < -0.3 is 10.1 Å². The van der Waals surface area contributed by atoms with Crippen LogP contribution in [-0.2, 0) is 4.74 Å². The van der Waals surface area contributed by atoms with Crippen LogP contribution >= 0.6 is 23.2 Å². The van der Waals surface area contributed by atoms with Gasteiger partial charge in [-0.1, -0.05) is 35.4 Å². The fourth-order valence-electron chi connectivity index (χ4n) is 1.98. The second kappa shape index (κ2) is 10.6. The van der Waals surface area contributed by atoms with Gasteiger partial charge in [-0.25, -0.2) is 9.59 Å². The van der Waals surface area contributed by atoms with Crippen molar-refractivity contribution >= 4 is 40.9 Å². The predicted octanol–water partition coefficient (Wildman–Crippen LogP) is 5.21. The first kappa shape index (κ1) is 22.8. The Labute approximate surface area is 158 Å². The number of allylic oxidation sites excluding steroid dienone is 2. The molecule has 2 amide bonds. The van der Waals surface area contributed by atoms with E-state index in [-0.39, 0.29) is 21.3 Å². The molecule has 5 nitrogen and oxygen atoms in total. The van der Waals surface area contributed by atoms with Crippen molar-refractivity contribution in [1.82, 2.24) is 5.32 Å². The van der Waals surface area contributed by atoms with Crippen LogP contribution in [0.4, 0.5) is 10.5 Å². The third kappa shape index (κ3) is 5.37. The molecular formula is C18H22Cl2N2O3. The lowest BCUT2D eigenvalue weighted by Crippen LogP contribution is -2.38. The number of urea groups is 1. The Kier molecular flexibility index (Phi) is 9.64. The number of hydrogen-bond donors (Lipinski definition) is 1. The van der Waals surface area contributed by atoms with Crippen LogP contribution in [0.15, 0.2) is 49.2 Å². The quantitative estimate of drug-likeness (QED) is 0.440. The molecule has 1 aromatic carbocycles. The summed E-state index contributed by atoms with van der Waals surface area (Å²) in [6, 6.07) is 2.36. The molecule has 0 fully saturated rings. The summed E-state index contributed by atoms with van der Waals surface area (Å²) in [7, 11) is 2.75. The van der Waals surface area contributed by atoms with Crippen LogP contribution in [0.5, 0.6) is 0 Å². The van der Waals surface area contributed by atoms with E-state index < -0.39 is 12.0 Å². The molecule has 0 radical (unpaired) electrons. The Morgan fingerprint density at radius 1 is 1.20 bits per heavy atom. The molecule has 0 atom stereocenters. The van der Waals surface area contributed by atoms with E-state index in [1.807, 2.05) is 13.8 Å². The van der Waals surface area contributed by atoms with Crippen LogP contribution < -0.4 is 10.2 Å². The maximum Gasteiger partial charge on any atom is 0.337 e. The summed E-state index contributed by atoms with van der Waals surface area (Å²) in [6.07, 6.45) is 1.53. The molecule has 25 heavy (non-hydrogen) atoms. The Balaban J connectivity index is 0.00000277. The Morgan fingerprint density at radius 2 is 1.68 bits per heavy atom. The van der Waals surface area contributed by atoms with E-state index in [1.54, 1.807) is 0 Å². The summed E-state index contributed by atoms with van der Waals surface area (Å²) in [5.41, 5.74) is 1.84. The second-order valence-corrected chi connectivity index (χ2v) is 5.57. The summed E-state index contributed by atoms with van der Waals surface area (Å²) in [4.78, 5) is 25.3. The van der Waals surface area contributed by atoms with E-state index in [0.717, 1.165) is 5.57 Å². The molecule has 1 aromatic rings. The highest BCUT2D eigenvalue weighted by atomic mass is 35.5. The average molecular weight is 385 g/mol. The summed E-state index contributed by atoms with van der Waals surface area (Å²) in [5.74, 6) is -0.571. The van der Waals surface area contributed by atoms with Crippen LogP contribution in [0.1, 0.15) is 24.2 Å². The number of carbonyl (C=O) groups excluding carboxylic acids is 2. The van der Waals surface area contributed by atoms with Gasteiger partial charge in [-0.15, -0.1) is 13.2 Å². The third-order valence-corrected chi connectivity index (χ3v) is 3.60. The van der Waals surface area contributed by atoms with E-state index in [4.69, 9.17) is 23.2 Å². The van der Waals surface area contributed by atoms with Gasteiger partial charge in [0.2, 0.25) is 0 Å². The van der Waals surface area contributed by atoms with E-state index in [9.17, 15) is 9.59 Å². The van der Waals surface area contributed by atoms with Crippen molar-refractivity contribution in [1.29, 1.82) is 0 Å². The zero-order chi connectivity index (χ0) is 19.7. The molecule has 7 heteroatoms. The number of carbonyl (C=O) groups is 2. The van der Waals surface area contributed by atoms with Gasteiger partial charge in [-0.05, 0) is 32.1 Å². The Hall–Kier alpha value is -2.24. The average Bonchev–Trinajstić information content (AvgIpc) is 2.60. The number of esters is 1. The van der Waals surface area contributed by atoms with E-state index >= 15 is 0 Å². The molecule has 0 unspecified atom stereocenters. The van der Waals surface area contributed by atoms with Crippen LogP contribution in [0, 0.1) is 0 Å². The Bertz CT molecular complexity index is 673. The summed E-state index contributed by atoms with van der Waals surface area (Å²) >= 11 is 12.5. The number of ether oxygens (including phenoxy) is 1. The van der Waals surface area contributed by atoms with Gasteiger partial charge in [0.05, 0.1) is 28.4 Å². The molecule has 1 rings (SSSR count). The molecule has 0 saturated carbocycles. The number of anilines is 1. The number of amides is 2. The fraction of sp³-hybridized carbons (Fsp3) is 0.222. The van der Waals surface area contributed by atoms with Gasteiger partial charge in [0.15, 0.2) is 0 Å². The van der Waals surface area contributed by atoms with Gasteiger partial charge in [0.25, 0.3) is 0 Å². The van der Waals surface area contributed by atoms with E-state index in [2.05, 4.69) is 29.8 Å². The van der Waals surface area contributed by atoms with Crippen LogP contribution in [0.25, 0.3) is 0 Å². The SMILES string of the molecule is C=C.C=CC(=C(C)C)N(C(=O)NC)c1c(Cl)cc(C(=O)OC)cc1Cl. The highest BCUT2D eigenvalue weighted by Crippen LogP contribution is 2.38. The van der Waals surface area contributed by atoms with Gasteiger partial charge in [-0.3, -0.25) is 4.90 Å². The molecule has 0 spiro atoms. The molecule has 1 N–H and O–H groups in total. The largest absolute Gasteiger partial charge is 0.465 e. The van der Waals surface area contributed by atoms with Crippen LogP contribution in [-0.4, -0.2) is 26.2 Å². The second-order valence-electron chi connectivity index (χ2n) is 4.76. The molecule has 0 aromatic heterocycles. The minimum atomic E-state index is -0.571. The van der Waals surface area contributed by atoms with Crippen molar-refractivity contribution in [3.63, 3.8) is 0 Å². The topological polar surface area (TPSA) is 58.6 Å². The van der Waals surface area contributed by atoms with E-state index in [1.165, 1.54) is 37.3 Å².